The predicted molar refractivity (Wildman–Crippen MR) is 98.1 cm³/mol. The van der Waals surface area contributed by atoms with Gasteiger partial charge in [-0.1, -0.05) is 29.8 Å². The molecule has 0 saturated heterocycles. The molecule has 0 radical (unpaired) electrons. The SMILES string of the molecule is Cc1ccc(CNC(=O)CCc2ccc3c(c2)OCCCO3)c(C)c1. The summed E-state index contributed by atoms with van der Waals surface area (Å²) < 4.78 is 11.3. The van der Waals surface area contributed by atoms with Crippen molar-refractivity contribution in [3.63, 3.8) is 0 Å². The van der Waals surface area contributed by atoms with Crippen LogP contribution < -0.4 is 14.8 Å². The fourth-order valence-corrected chi connectivity index (χ4v) is 2.95. The highest BCUT2D eigenvalue weighted by Crippen LogP contribution is 2.30. The molecule has 4 nitrogen and oxygen atoms in total. The molecule has 2 aromatic carbocycles. The molecule has 2 aromatic rings. The molecule has 132 valence electrons. The molecule has 3 rings (SSSR count). The number of aryl methyl sites for hydroxylation is 3. The van der Waals surface area contributed by atoms with Crippen LogP contribution in [0.25, 0.3) is 0 Å². The van der Waals surface area contributed by atoms with Gasteiger partial charge in [-0.2, -0.15) is 0 Å². The smallest absolute Gasteiger partial charge is 0.220 e. The normalized spacial score (nSPS) is 13.2. The molecule has 0 saturated carbocycles. The van der Waals surface area contributed by atoms with Crippen LogP contribution in [-0.4, -0.2) is 19.1 Å². The maximum absolute atomic E-state index is 12.1. The van der Waals surface area contributed by atoms with Gasteiger partial charge < -0.3 is 14.8 Å². The Kier molecular flexibility index (Phi) is 5.59. The quantitative estimate of drug-likeness (QED) is 0.903. The highest BCUT2D eigenvalue weighted by molar-refractivity contribution is 5.76. The van der Waals surface area contributed by atoms with Crippen LogP contribution in [0.2, 0.25) is 0 Å². The maximum Gasteiger partial charge on any atom is 0.220 e. The largest absolute Gasteiger partial charge is 0.490 e. The van der Waals surface area contributed by atoms with Crippen LogP contribution in [0.1, 0.15) is 35.1 Å². The maximum atomic E-state index is 12.1. The van der Waals surface area contributed by atoms with Crippen molar-refractivity contribution in [1.82, 2.24) is 5.32 Å². The summed E-state index contributed by atoms with van der Waals surface area (Å²) in [6, 6.07) is 12.2. The number of hydrogen-bond acceptors (Lipinski definition) is 3. The van der Waals surface area contributed by atoms with Gasteiger partial charge in [0.15, 0.2) is 11.5 Å². The van der Waals surface area contributed by atoms with Crippen molar-refractivity contribution < 1.29 is 14.3 Å². The van der Waals surface area contributed by atoms with E-state index in [2.05, 4.69) is 37.4 Å². The summed E-state index contributed by atoms with van der Waals surface area (Å²) in [6.07, 6.45) is 2.05. The number of nitrogens with one attached hydrogen (secondary N) is 1. The summed E-state index contributed by atoms with van der Waals surface area (Å²) in [5.41, 5.74) is 4.70. The Hall–Kier alpha value is -2.49. The number of hydrogen-bond donors (Lipinski definition) is 1. The molecule has 4 heteroatoms. The van der Waals surface area contributed by atoms with E-state index >= 15 is 0 Å². The van der Waals surface area contributed by atoms with E-state index in [0.29, 0.717) is 32.6 Å². The third-order valence-corrected chi connectivity index (χ3v) is 4.43. The number of benzene rings is 2. The molecule has 0 bridgehead atoms. The average molecular weight is 339 g/mol. The molecule has 25 heavy (non-hydrogen) atoms. The standard InChI is InChI=1S/C21H25NO3/c1-15-4-7-18(16(2)12-15)14-22-21(23)9-6-17-5-8-19-20(13-17)25-11-3-10-24-19/h4-5,7-8,12-13H,3,6,9-11,14H2,1-2H3,(H,22,23). The van der Waals surface area contributed by atoms with Crippen LogP contribution >= 0.6 is 0 Å². The van der Waals surface area contributed by atoms with E-state index in [9.17, 15) is 4.79 Å². The summed E-state index contributed by atoms with van der Waals surface area (Å²) in [7, 11) is 0. The first-order valence-electron chi connectivity index (χ1n) is 8.83. The first-order chi connectivity index (χ1) is 12.1. The number of fused-ring (bicyclic) bond motifs is 1. The third kappa shape index (κ3) is 4.75. The number of carbonyl (C=O) groups excluding carboxylic acids is 1. The Bertz CT molecular complexity index is 755. The minimum Gasteiger partial charge on any atom is -0.490 e. The fourth-order valence-electron chi connectivity index (χ4n) is 2.95. The molecule has 1 amide bonds. The Morgan fingerprint density at radius 2 is 1.84 bits per heavy atom. The van der Waals surface area contributed by atoms with E-state index in [1.165, 1.54) is 11.1 Å². The van der Waals surface area contributed by atoms with Crippen LogP contribution in [0.15, 0.2) is 36.4 Å². The minimum absolute atomic E-state index is 0.0621. The summed E-state index contributed by atoms with van der Waals surface area (Å²) in [6.45, 7) is 6.09. The highest BCUT2D eigenvalue weighted by Gasteiger charge is 2.11. The molecule has 1 N–H and O–H groups in total. The number of rotatable bonds is 5. The van der Waals surface area contributed by atoms with Gasteiger partial charge in [-0.3, -0.25) is 4.79 Å². The second-order valence-corrected chi connectivity index (χ2v) is 6.54. The van der Waals surface area contributed by atoms with Crippen molar-refractivity contribution in [2.75, 3.05) is 13.2 Å². The summed E-state index contributed by atoms with van der Waals surface area (Å²) in [5, 5.41) is 3.01. The van der Waals surface area contributed by atoms with Crippen LogP contribution in [-0.2, 0) is 17.8 Å². The Labute approximate surface area is 149 Å². The Morgan fingerprint density at radius 3 is 2.64 bits per heavy atom. The molecule has 0 fully saturated rings. The zero-order valence-electron chi connectivity index (χ0n) is 14.9. The molecule has 0 aliphatic carbocycles. The zero-order valence-corrected chi connectivity index (χ0v) is 14.9. The lowest BCUT2D eigenvalue weighted by Gasteiger charge is -2.10. The molecule has 1 aliphatic heterocycles. The minimum atomic E-state index is 0.0621. The summed E-state index contributed by atoms with van der Waals surface area (Å²) in [4.78, 5) is 12.1. The second kappa shape index (κ2) is 8.06. The lowest BCUT2D eigenvalue weighted by atomic mass is 10.1. The van der Waals surface area contributed by atoms with Gasteiger partial charge >= 0.3 is 0 Å². The van der Waals surface area contributed by atoms with Crippen molar-refractivity contribution >= 4 is 5.91 Å². The first kappa shape index (κ1) is 17.3. The van der Waals surface area contributed by atoms with Gasteiger partial charge in [0.1, 0.15) is 0 Å². The zero-order chi connectivity index (χ0) is 17.6. The van der Waals surface area contributed by atoms with E-state index in [1.807, 2.05) is 18.2 Å². The Morgan fingerprint density at radius 1 is 1.04 bits per heavy atom. The number of carbonyl (C=O) groups is 1. The van der Waals surface area contributed by atoms with Gasteiger partial charge in [-0.15, -0.1) is 0 Å². The van der Waals surface area contributed by atoms with Gasteiger partial charge in [-0.05, 0) is 49.1 Å². The van der Waals surface area contributed by atoms with Gasteiger partial charge in [0.25, 0.3) is 0 Å². The molecular weight excluding hydrogens is 314 g/mol. The second-order valence-electron chi connectivity index (χ2n) is 6.54. The molecule has 1 heterocycles. The third-order valence-electron chi connectivity index (χ3n) is 4.43. The van der Waals surface area contributed by atoms with Crippen LogP contribution in [0, 0.1) is 13.8 Å². The van der Waals surface area contributed by atoms with E-state index in [-0.39, 0.29) is 5.91 Å². The molecule has 0 spiro atoms. The van der Waals surface area contributed by atoms with E-state index in [1.54, 1.807) is 0 Å². The van der Waals surface area contributed by atoms with Crippen molar-refractivity contribution in [3.05, 3.63) is 58.7 Å². The first-order valence-corrected chi connectivity index (χ1v) is 8.83. The summed E-state index contributed by atoms with van der Waals surface area (Å²) in [5.74, 6) is 1.64. The van der Waals surface area contributed by atoms with Crippen LogP contribution in [0.3, 0.4) is 0 Å². The molecule has 0 aromatic heterocycles. The van der Waals surface area contributed by atoms with Crippen molar-refractivity contribution in [3.8, 4) is 11.5 Å². The van der Waals surface area contributed by atoms with Crippen molar-refractivity contribution in [2.24, 2.45) is 0 Å². The van der Waals surface area contributed by atoms with E-state index in [4.69, 9.17) is 9.47 Å². The lowest BCUT2D eigenvalue weighted by Crippen LogP contribution is -2.23. The molecule has 0 unspecified atom stereocenters. The molecular formula is C21H25NO3. The van der Waals surface area contributed by atoms with E-state index < -0.39 is 0 Å². The van der Waals surface area contributed by atoms with Gasteiger partial charge in [0.2, 0.25) is 5.91 Å². The lowest BCUT2D eigenvalue weighted by molar-refractivity contribution is -0.121. The van der Waals surface area contributed by atoms with Crippen LogP contribution in [0.4, 0.5) is 0 Å². The number of amides is 1. The van der Waals surface area contributed by atoms with E-state index in [0.717, 1.165) is 29.0 Å². The van der Waals surface area contributed by atoms with Gasteiger partial charge in [0, 0.05) is 19.4 Å². The Balaban J connectivity index is 1.51. The van der Waals surface area contributed by atoms with Crippen molar-refractivity contribution in [1.29, 1.82) is 0 Å². The molecule has 1 aliphatic rings. The average Bonchev–Trinajstić information content (AvgIpc) is 2.84. The van der Waals surface area contributed by atoms with Gasteiger partial charge in [-0.25, -0.2) is 0 Å². The van der Waals surface area contributed by atoms with Gasteiger partial charge in [0.05, 0.1) is 13.2 Å². The molecule has 0 atom stereocenters. The van der Waals surface area contributed by atoms with Crippen LogP contribution in [0.5, 0.6) is 11.5 Å². The summed E-state index contributed by atoms with van der Waals surface area (Å²) >= 11 is 0. The fraction of sp³-hybridized carbons (Fsp3) is 0.381. The predicted octanol–water partition coefficient (Wildman–Crippen LogP) is 3.71. The topological polar surface area (TPSA) is 47.6 Å². The highest BCUT2D eigenvalue weighted by atomic mass is 16.5. The monoisotopic (exact) mass is 339 g/mol. The van der Waals surface area contributed by atoms with Crippen molar-refractivity contribution in [2.45, 2.75) is 39.7 Å². The number of ether oxygens (including phenoxy) is 2.